The van der Waals surface area contributed by atoms with E-state index in [0.717, 1.165) is 29.1 Å². The van der Waals surface area contributed by atoms with Gasteiger partial charge in [-0.05, 0) is 42.0 Å². The minimum absolute atomic E-state index is 0.223. The second kappa shape index (κ2) is 7.45. The van der Waals surface area contributed by atoms with Crippen molar-refractivity contribution < 1.29 is 14.6 Å². The molecule has 5 nitrogen and oxygen atoms in total. The van der Waals surface area contributed by atoms with Crippen LogP contribution in [0.5, 0.6) is 5.75 Å². The van der Waals surface area contributed by atoms with E-state index in [0.29, 0.717) is 17.7 Å². The third kappa shape index (κ3) is 3.40. The highest BCUT2D eigenvalue weighted by Crippen LogP contribution is 2.37. The summed E-state index contributed by atoms with van der Waals surface area (Å²) in [5.41, 5.74) is 4.06. The Morgan fingerprint density at radius 2 is 1.96 bits per heavy atom. The number of likely N-dealkylation sites (N-methyl/N-ethyl adjacent to an activating group) is 1. The van der Waals surface area contributed by atoms with Crippen LogP contribution in [0.15, 0.2) is 60.9 Å². The molecular formula is C23H18N2O3. The van der Waals surface area contributed by atoms with Crippen LogP contribution in [0.3, 0.4) is 0 Å². The van der Waals surface area contributed by atoms with Crippen LogP contribution in [-0.2, 0) is 0 Å². The van der Waals surface area contributed by atoms with Gasteiger partial charge in [-0.3, -0.25) is 4.98 Å². The lowest BCUT2D eigenvalue weighted by atomic mass is 9.93. The number of pyridine rings is 1. The molecule has 0 saturated heterocycles. The molecule has 0 amide bonds. The van der Waals surface area contributed by atoms with E-state index < -0.39 is 5.97 Å². The number of carboxylic acids is 1. The van der Waals surface area contributed by atoms with E-state index in [-0.39, 0.29) is 5.56 Å². The van der Waals surface area contributed by atoms with E-state index in [1.54, 1.807) is 24.5 Å². The van der Waals surface area contributed by atoms with Crippen molar-refractivity contribution in [1.82, 2.24) is 4.98 Å². The molecule has 5 heteroatoms. The van der Waals surface area contributed by atoms with Crippen molar-refractivity contribution in [3.05, 3.63) is 77.6 Å². The Morgan fingerprint density at radius 1 is 1.14 bits per heavy atom. The van der Waals surface area contributed by atoms with Gasteiger partial charge in [-0.25, -0.2) is 4.79 Å². The Morgan fingerprint density at radius 3 is 2.75 bits per heavy atom. The number of carboxylic acid groups (broad SMARTS) is 1. The number of fused-ring (bicyclic) bond motifs is 1. The van der Waals surface area contributed by atoms with Crippen LogP contribution in [0.25, 0.3) is 11.1 Å². The quantitative estimate of drug-likeness (QED) is 0.698. The molecule has 0 spiro atoms. The third-order valence-corrected chi connectivity index (χ3v) is 4.66. The maximum absolute atomic E-state index is 11.9. The third-order valence-electron chi connectivity index (χ3n) is 4.66. The van der Waals surface area contributed by atoms with Crippen molar-refractivity contribution in [3.8, 4) is 28.7 Å². The van der Waals surface area contributed by atoms with Gasteiger partial charge in [0.2, 0.25) is 0 Å². The molecule has 1 aliphatic heterocycles. The Bertz CT molecular complexity index is 1100. The van der Waals surface area contributed by atoms with Gasteiger partial charge in [0, 0.05) is 36.1 Å². The summed E-state index contributed by atoms with van der Waals surface area (Å²) >= 11 is 0. The van der Waals surface area contributed by atoms with Gasteiger partial charge >= 0.3 is 5.97 Å². The molecule has 0 fully saturated rings. The molecule has 0 bridgehead atoms. The van der Waals surface area contributed by atoms with Crippen LogP contribution in [0.4, 0.5) is 5.69 Å². The zero-order chi connectivity index (χ0) is 19.5. The predicted molar refractivity (Wildman–Crippen MR) is 108 cm³/mol. The standard InChI is InChI=1S/C23H18N2O3/c1-25-13-14-28-21-8-7-18(15-20(21)25)22-17(3-2-4-19(22)23(26)27)6-5-16-9-11-24-12-10-16/h2-4,7-12,15H,13-14H2,1H3,(H,26,27). The largest absolute Gasteiger partial charge is 0.490 e. The number of ether oxygens (including phenoxy) is 1. The first-order valence-electron chi connectivity index (χ1n) is 8.90. The number of benzene rings is 2. The van der Waals surface area contributed by atoms with Crippen molar-refractivity contribution >= 4 is 11.7 Å². The number of aromatic carboxylic acids is 1. The molecule has 138 valence electrons. The minimum Gasteiger partial charge on any atom is -0.490 e. The Labute approximate surface area is 163 Å². The summed E-state index contributed by atoms with van der Waals surface area (Å²) in [6.07, 6.45) is 3.36. The lowest BCUT2D eigenvalue weighted by Gasteiger charge is -2.28. The molecule has 0 saturated carbocycles. The van der Waals surface area contributed by atoms with Gasteiger partial charge in [0.05, 0.1) is 17.8 Å². The summed E-state index contributed by atoms with van der Waals surface area (Å²) in [4.78, 5) is 18.0. The maximum Gasteiger partial charge on any atom is 0.336 e. The number of hydrogen-bond acceptors (Lipinski definition) is 4. The molecule has 28 heavy (non-hydrogen) atoms. The van der Waals surface area contributed by atoms with Crippen molar-refractivity contribution in [2.24, 2.45) is 0 Å². The number of hydrogen-bond donors (Lipinski definition) is 1. The second-order valence-electron chi connectivity index (χ2n) is 6.47. The van der Waals surface area contributed by atoms with Crippen molar-refractivity contribution in [2.45, 2.75) is 0 Å². The van der Waals surface area contributed by atoms with Gasteiger partial charge in [-0.1, -0.05) is 24.0 Å². The highest BCUT2D eigenvalue weighted by Gasteiger charge is 2.19. The Hall–Kier alpha value is -3.78. The first-order valence-corrected chi connectivity index (χ1v) is 8.90. The van der Waals surface area contributed by atoms with Crippen molar-refractivity contribution in [1.29, 1.82) is 0 Å². The van der Waals surface area contributed by atoms with Gasteiger partial charge in [-0.2, -0.15) is 0 Å². The van der Waals surface area contributed by atoms with Gasteiger partial charge in [0.1, 0.15) is 12.4 Å². The summed E-state index contributed by atoms with van der Waals surface area (Å²) in [6, 6.07) is 14.5. The van der Waals surface area contributed by atoms with E-state index in [1.807, 2.05) is 43.4 Å². The fourth-order valence-electron chi connectivity index (χ4n) is 3.23. The number of carbonyl (C=O) groups is 1. The predicted octanol–water partition coefficient (Wildman–Crippen LogP) is 3.68. The highest BCUT2D eigenvalue weighted by molar-refractivity contribution is 5.98. The van der Waals surface area contributed by atoms with Crippen molar-refractivity contribution in [3.63, 3.8) is 0 Å². The summed E-state index contributed by atoms with van der Waals surface area (Å²) in [7, 11) is 2.00. The molecule has 4 rings (SSSR count). The number of aromatic nitrogens is 1. The van der Waals surface area contributed by atoms with Crippen LogP contribution >= 0.6 is 0 Å². The van der Waals surface area contributed by atoms with Gasteiger partial charge in [0.25, 0.3) is 0 Å². The average molecular weight is 370 g/mol. The summed E-state index contributed by atoms with van der Waals surface area (Å²) in [5, 5.41) is 9.74. The first kappa shape index (κ1) is 17.6. The molecule has 0 radical (unpaired) electrons. The monoisotopic (exact) mass is 370 g/mol. The Balaban J connectivity index is 1.87. The van der Waals surface area contributed by atoms with Crippen LogP contribution in [0, 0.1) is 11.8 Å². The molecule has 2 heterocycles. The Kier molecular flexibility index (Phi) is 4.69. The van der Waals surface area contributed by atoms with E-state index >= 15 is 0 Å². The maximum atomic E-state index is 11.9. The van der Waals surface area contributed by atoms with Crippen LogP contribution in [0.2, 0.25) is 0 Å². The molecule has 1 N–H and O–H groups in total. The molecule has 0 unspecified atom stereocenters. The second-order valence-corrected chi connectivity index (χ2v) is 6.47. The van der Waals surface area contributed by atoms with Gasteiger partial charge < -0.3 is 14.7 Å². The minimum atomic E-state index is -0.982. The zero-order valence-corrected chi connectivity index (χ0v) is 15.3. The molecular weight excluding hydrogens is 352 g/mol. The fraction of sp³-hybridized carbons (Fsp3) is 0.130. The summed E-state index contributed by atoms with van der Waals surface area (Å²) < 4.78 is 5.71. The lowest BCUT2D eigenvalue weighted by molar-refractivity contribution is 0.0697. The van der Waals surface area contributed by atoms with Crippen LogP contribution in [0.1, 0.15) is 21.5 Å². The normalized spacial score (nSPS) is 12.4. The van der Waals surface area contributed by atoms with E-state index in [9.17, 15) is 9.90 Å². The van der Waals surface area contributed by atoms with E-state index in [4.69, 9.17) is 4.74 Å². The smallest absolute Gasteiger partial charge is 0.336 e. The summed E-state index contributed by atoms with van der Waals surface area (Å²) in [5.74, 6) is 6.04. The molecule has 0 aliphatic carbocycles. The SMILES string of the molecule is CN1CCOc2ccc(-c3c(C#Cc4ccncc4)cccc3C(=O)O)cc21. The van der Waals surface area contributed by atoms with Crippen LogP contribution in [-0.4, -0.2) is 36.3 Å². The molecule has 1 aromatic heterocycles. The van der Waals surface area contributed by atoms with E-state index in [1.165, 1.54) is 0 Å². The lowest BCUT2D eigenvalue weighted by Crippen LogP contribution is -2.28. The molecule has 1 aliphatic rings. The van der Waals surface area contributed by atoms with E-state index in [2.05, 4.69) is 21.7 Å². The summed E-state index contributed by atoms with van der Waals surface area (Å²) in [6.45, 7) is 1.42. The van der Waals surface area contributed by atoms with Gasteiger partial charge in [-0.15, -0.1) is 0 Å². The fourth-order valence-corrected chi connectivity index (χ4v) is 3.23. The topological polar surface area (TPSA) is 62.7 Å². The molecule has 0 atom stereocenters. The van der Waals surface area contributed by atoms with Crippen LogP contribution < -0.4 is 9.64 Å². The number of rotatable bonds is 2. The van der Waals surface area contributed by atoms with Crippen molar-refractivity contribution in [2.75, 3.05) is 25.1 Å². The molecule has 2 aromatic carbocycles. The first-order chi connectivity index (χ1) is 13.6. The average Bonchev–Trinajstić information content (AvgIpc) is 2.73. The van der Waals surface area contributed by atoms with Gasteiger partial charge in [0.15, 0.2) is 0 Å². The zero-order valence-electron chi connectivity index (χ0n) is 15.3. The number of anilines is 1. The highest BCUT2D eigenvalue weighted by atomic mass is 16.5. The molecule has 3 aromatic rings. The number of nitrogens with zero attached hydrogens (tertiary/aromatic N) is 2.